The Hall–Kier alpha value is -0.720. The van der Waals surface area contributed by atoms with E-state index in [1.165, 1.54) is 22.3 Å². The zero-order valence-electron chi connectivity index (χ0n) is 12.6. The fourth-order valence-corrected chi connectivity index (χ4v) is 4.02. The average molecular weight is 279 g/mol. The molecule has 3 heteroatoms. The van der Waals surface area contributed by atoms with Crippen LogP contribution in [0.5, 0.6) is 0 Å². The third-order valence-corrected chi connectivity index (χ3v) is 6.14. The van der Waals surface area contributed by atoms with Gasteiger partial charge in [-0.15, -0.1) is 0 Å². The number of epoxide rings is 1. The highest BCUT2D eigenvalue weighted by atomic mass is 31.1. The highest BCUT2D eigenvalue weighted by Crippen LogP contribution is 2.44. The first-order valence-corrected chi connectivity index (χ1v) is 8.37. The Morgan fingerprint density at radius 2 is 1.79 bits per heavy atom. The van der Waals surface area contributed by atoms with Crippen molar-refractivity contribution in [2.75, 3.05) is 12.8 Å². The minimum atomic E-state index is -1.23. The van der Waals surface area contributed by atoms with Crippen molar-refractivity contribution in [3.63, 3.8) is 0 Å². The van der Waals surface area contributed by atoms with E-state index in [1.807, 2.05) is 0 Å². The molecule has 0 spiro atoms. The molecule has 2 unspecified atom stereocenters. The number of hydrogen-bond donors (Lipinski definition) is 0. The largest absolute Gasteiger partial charge is 0.369 e. The molecule has 1 saturated heterocycles. The van der Waals surface area contributed by atoms with E-state index < -0.39 is 7.80 Å². The molecule has 0 aliphatic carbocycles. The lowest BCUT2D eigenvalue weighted by Gasteiger charge is -2.18. The summed E-state index contributed by atoms with van der Waals surface area (Å²) < 4.78 is 17.7. The standard InChI is InChI=1S/C16H24O2P/c1-11-6-12(2)15(13(3)7-11)8-16(4,5)19(17)10-14-9-18-14/h6-7,14H,8-10H2,1-5H3/q+1. The van der Waals surface area contributed by atoms with E-state index in [0.717, 1.165) is 13.0 Å². The van der Waals surface area contributed by atoms with Gasteiger partial charge in [0, 0.05) is 6.42 Å². The number of ether oxygens (including phenoxy) is 1. The van der Waals surface area contributed by atoms with Crippen molar-refractivity contribution in [2.45, 2.75) is 52.3 Å². The molecule has 1 heterocycles. The van der Waals surface area contributed by atoms with Crippen LogP contribution < -0.4 is 0 Å². The number of hydrogen-bond acceptors (Lipinski definition) is 2. The summed E-state index contributed by atoms with van der Waals surface area (Å²) in [6.45, 7) is 11.5. The lowest BCUT2D eigenvalue weighted by molar-refractivity contribution is 0.421. The average Bonchev–Trinajstić information content (AvgIpc) is 3.07. The van der Waals surface area contributed by atoms with E-state index in [-0.39, 0.29) is 11.3 Å². The minimum absolute atomic E-state index is 0.161. The van der Waals surface area contributed by atoms with Crippen LogP contribution in [-0.2, 0) is 15.7 Å². The number of rotatable bonds is 5. The summed E-state index contributed by atoms with van der Waals surface area (Å²) in [7, 11) is -1.23. The van der Waals surface area contributed by atoms with Crippen LogP contribution >= 0.6 is 7.80 Å². The van der Waals surface area contributed by atoms with Crippen LogP contribution in [0.2, 0.25) is 0 Å². The van der Waals surface area contributed by atoms with Crippen molar-refractivity contribution in [2.24, 2.45) is 0 Å². The van der Waals surface area contributed by atoms with Gasteiger partial charge < -0.3 is 4.74 Å². The molecule has 0 amide bonds. The van der Waals surface area contributed by atoms with Gasteiger partial charge in [0.25, 0.3) is 0 Å². The lowest BCUT2D eigenvalue weighted by atomic mass is 9.92. The quantitative estimate of drug-likeness (QED) is 0.598. The second-order valence-corrected chi connectivity index (χ2v) is 8.72. The molecule has 0 radical (unpaired) electrons. The van der Waals surface area contributed by atoms with E-state index in [4.69, 9.17) is 4.74 Å². The van der Waals surface area contributed by atoms with Crippen molar-refractivity contribution in [3.05, 3.63) is 34.4 Å². The fourth-order valence-electron chi connectivity index (χ4n) is 2.62. The Bertz CT molecular complexity index is 478. The summed E-state index contributed by atoms with van der Waals surface area (Å²) >= 11 is 0. The highest BCUT2D eigenvalue weighted by Gasteiger charge is 2.44. The molecular weight excluding hydrogens is 255 g/mol. The van der Waals surface area contributed by atoms with E-state index >= 15 is 0 Å². The van der Waals surface area contributed by atoms with E-state index in [0.29, 0.717) is 6.16 Å². The Morgan fingerprint density at radius 1 is 1.26 bits per heavy atom. The van der Waals surface area contributed by atoms with Crippen LogP contribution in [0.25, 0.3) is 0 Å². The first kappa shape index (κ1) is 14.7. The summed E-state index contributed by atoms with van der Waals surface area (Å²) in [5.41, 5.74) is 5.29. The zero-order chi connectivity index (χ0) is 14.2. The predicted octanol–water partition coefficient (Wildman–Crippen LogP) is 4.16. The van der Waals surface area contributed by atoms with Crippen LogP contribution in [-0.4, -0.2) is 24.0 Å². The molecule has 1 fully saturated rings. The molecule has 2 nitrogen and oxygen atoms in total. The first-order valence-electron chi connectivity index (χ1n) is 6.93. The minimum Gasteiger partial charge on any atom is -0.369 e. The smallest absolute Gasteiger partial charge is 0.347 e. The van der Waals surface area contributed by atoms with Gasteiger partial charge in [-0.05, 0) is 51.3 Å². The highest BCUT2D eigenvalue weighted by molar-refractivity contribution is 7.46. The third kappa shape index (κ3) is 3.64. The molecule has 0 N–H and O–H groups in total. The molecule has 19 heavy (non-hydrogen) atoms. The van der Waals surface area contributed by atoms with Gasteiger partial charge in [-0.1, -0.05) is 22.3 Å². The van der Waals surface area contributed by atoms with Crippen molar-refractivity contribution >= 4 is 7.80 Å². The van der Waals surface area contributed by atoms with Gasteiger partial charge in [0.05, 0.1) is 6.61 Å². The third-order valence-electron chi connectivity index (χ3n) is 3.90. The maximum absolute atomic E-state index is 12.5. The molecular formula is C16H24O2P+. The van der Waals surface area contributed by atoms with Gasteiger partial charge in [-0.3, -0.25) is 0 Å². The van der Waals surface area contributed by atoms with Gasteiger partial charge in [-0.2, -0.15) is 0 Å². The molecule has 1 aliphatic rings. The molecule has 1 aliphatic heterocycles. The van der Waals surface area contributed by atoms with Crippen LogP contribution in [0.3, 0.4) is 0 Å². The summed E-state index contributed by atoms with van der Waals surface area (Å²) in [5.74, 6) is 0. The van der Waals surface area contributed by atoms with E-state index in [1.54, 1.807) is 0 Å². The van der Waals surface area contributed by atoms with E-state index in [9.17, 15) is 4.57 Å². The van der Waals surface area contributed by atoms with Crippen molar-refractivity contribution in [1.29, 1.82) is 0 Å². The molecule has 104 valence electrons. The first-order chi connectivity index (χ1) is 8.79. The summed E-state index contributed by atoms with van der Waals surface area (Å²) in [6.07, 6.45) is 1.85. The molecule has 0 bridgehead atoms. The molecule has 2 rings (SSSR count). The van der Waals surface area contributed by atoms with Gasteiger partial charge in [-0.25, -0.2) is 0 Å². The Morgan fingerprint density at radius 3 is 2.26 bits per heavy atom. The van der Waals surface area contributed by atoms with Gasteiger partial charge >= 0.3 is 7.80 Å². The van der Waals surface area contributed by atoms with Crippen LogP contribution in [0, 0.1) is 20.8 Å². The Balaban J connectivity index is 2.16. The number of aryl methyl sites for hydroxylation is 3. The maximum Gasteiger partial charge on any atom is 0.347 e. The molecule has 2 atom stereocenters. The van der Waals surface area contributed by atoms with Crippen molar-refractivity contribution in [3.8, 4) is 0 Å². The van der Waals surface area contributed by atoms with Crippen molar-refractivity contribution < 1.29 is 9.30 Å². The number of benzene rings is 1. The van der Waals surface area contributed by atoms with Crippen LogP contribution in [0.15, 0.2) is 12.1 Å². The Kier molecular flexibility index (Phi) is 4.13. The summed E-state index contributed by atoms with van der Waals surface area (Å²) in [4.78, 5) is 0. The van der Waals surface area contributed by atoms with Gasteiger partial charge in [0.15, 0.2) is 11.3 Å². The topological polar surface area (TPSA) is 29.6 Å². The SMILES string of the molecule is Cc1cc(C)c(CC(C)(C)[P+](=O)CC2CO2)c(C)c1. The van der Waals surface area contributed by atoms with Gasteiger partial charge in [0.2, 0.25) is 0 Å². The monoisotopic (exact) mass is 279 g/mol. The molecule has 0 aromatic heterocycles. The maximum atomic E-state index is 12.5. The second-order valence-electron chi connectivity index (χ2n) is 6.38. The van der Waals surface area contributed by atoms with Crippen LogP contribution in [0.1, 0.15) is 36.1 Å². The van der Waals surface area contributed by atoms with Crippen molar-refractivity contribution in [1.82, 2.24) is 0 Å². The zero-order valence-corrected chi connectivity index (χ0v) is 13.5. The summed E-state index contributed by atoms with van der Waals surface area (Å²) in [5, 5.41) is -0.161. The van der Waals surface area contributed by atoms with Gasteiger partial charge in [0.1, 0.15) is 6.10 Å². The second kappa shape index (κ2) is 5.34. The lowest BCUT2D eigenvalue weighted by Crippen LogP contribution is -2.21. The molecule has 1 aromatic rings. The molecule has 0 saturated carbocycles. The predicted molar refractivity (Wildman–Crippen MR) is 80.6 cm³/mol. The Labute approximate surface area is 117 Å². The van der Waals surface area contributed by atoms with Crippen LogP contribution in [0.4, 0.5) is 0 Å². The van der Waals surface area contributed by atoms with E-state index in [2.05, 4.69) is 46.8 Å². The summed E-state index contributed by atoms with van der Waals surface area (Å²) in [6, 6.07) is 4.44. The molecule has 1 aromatic carbocycles. The normalized spacial score (nSPS) is 19.4. The fraction of sp³-hybridized carbons (Fsp3) is 0.625.